The molecule has 4 nitrogen and oxygen atoms in total. The van der Waals surface area contributed by atoms with Crippen molar-refractivity contribution >= 4 is 21.6 Å². The summed E-state index contributed by atoms with van der Waals surface area (Å²) in [5.74, 6) is 0. The van der Waals surface area contributed by atoms with E-state index < -0.39 is 0 Å². The number of hydroxylamine groups is 1. The molecule has 1 aliphatic rings. The predicted molar refractivity (Wildman–Crippen MR) is 63.1 cm³/mol. The first-order valence-electron chi connectivity index (χ1n) is 4.96. The highest BCUT2D eigenvalue weighted by Crippen LogP contribution is 2.24. The highest BCUT2D eigenvalue weighted by Gasteiger charge is 2.20. The summed E-state index contributed by atoms with van der Waals surface area (Å²) in [4.78, 5) is 17.2. The first-order valence-corrected chi connectivity index (χ1v) is 5.77. The fourth-order valence-electron chi connectivity index (χ4n) is 1.79. The van der Waals surface area contributed by atoms with Crippen molar-refractivity contribution < 1.29 is 4.84 Å². The van der Waals surface area contributed by atoms with Crippen LogP contribution in [0.3, 0.4) is 0 Å². The zero-order chi connectivity index (χ0) is 11.1. The first-order chi connectivity index (χ1) is 7.75. The number of fused-ring (bicyclic) bond motifs is 1. The zero-order valence-corrected chi connectivity index (χ0v) is 9.45. The van der Waals surface area contributed by atoms with E-state index in [9.17, 15) is 4.79 Å². The summed E-state index contributed by atoms with van der Waals surface area (Å²) in [5, 5.41) is 0. The molecule has 82 valence electrons. The van der Waals surface area contributed by atoms with Crippen LogP contribution in [0.4, 0.5) is 0 Å². The minimum Gasteiger partial charge on any atom is -0.269 e. The SMILES string of the molecule is CC1=CC(n2c(=O)sc3ccccc32)ON1. The Balaban J connectivity index is 2.23. The van der Waals surface area contributed by atoms with Gasteiger partial charge in [-0.05, 0) is 25.1 Å². The summed E-state index contributed by atoms with van der Waals surface area (Å²) in [6.45, 7) is 1.90. The van der Waals surface area contributed by atoms with E-state index in [-0.39, 0.29) is 11.1 Å². The van der Waals surface area contributed by atoms with E-state index in [4.69, 9.17) is 4.84 Å². The molecule has 1 atom stereocenters. The summed E-state index contributed by atoms with van der Waals surface area (Å²) >= 11 is 1.24. The third-order valence-electron chi connectivity index (χ3n) is 2.51. The van der Waals surface area contributed by atoms with E-state index in [0.29, 0.717) is 0 Å². The molecule has 0 saturated heterocycles. The number of nitrogens with zero attached hydrogens (tertiary/aromatic N) is 1. The van der Waals surface area contributed by atoms with E-state index in [0.717, 1.165) is 15.9 Å². The maximum absolute atomic E-state index is 11.9. The van der Waals surface area contributed by atoms with Crippen LogP contribution in [-0.4, -0.2) is 4.57 Å². The number of rotatable bonds is 1. The molecule has 0 aliphatic carbocycles. The molecule has 3 rings (SSSR count). The smallest absolute Gasteiger partial charge is 0.269 e. The largest absolute Gasteiger partial charge is 0.310 e. The van der Waals surface area contributed by atoms with Crippen molar-refractivity contribution in [1.29, 1.82) is 0 Å². The monoisotopic (exact) mass is 234 g/mol. The molecule has 2 heterocycles. The van der Waals surface area contributed by atoms with Gasteiger partial charge < -0.3 is 0 Å². The molecule has 0 saturated carbocycles. The second-order valence-corrected chi connectivity index (χ2v) is 4.66. The Hall–Kier alpha value is -1.59. The molecular formula is C11H10N2O2S. The van der Waals surface area contributed by atoms with Crippen molar-refractivity contribution in [3.63, 3.8) is 0 Å². The summed E-state index contributed by atoms with van der Waals surface area (Å²) in [6.07, 6.45) is 1.55. The highest BCUT2D eigenvalue weighted by atomic mass is 32.1. The van der Waals surface area contributed by atoms with Crippen LogP contribution < -0.4 is 10.4 Å². The molecule has 1 aliphatic heterocycles. The average Bonchev–Trinajstić information content (AvgIpc) is 2.80. The van der Waals surface area contributed by atoms with Crippen molar-refractivity contribution in [3.8, 4) is 0 Å². The zero-order valence-electron chi connectivity index (χ0n) is 8.64. The van der Waals surface area contributed by atoms with Crippen LogP contribution in [-0.2, 0) is 4.84 Å². The molecule has 0 spiro atoms. The van der Waals surface area contributed by atoms with Crippen LogP contribution in [0.1, 0.15) is 13.2 Å². The van der Waals surface area contributed by atoms with Crippen LogP contribution in [0.15, 0.2) is 40.8 Å². The van der Waals surface area contributed by atoms with Crippen LogP contribution in [0.2, 0.25) is 0 Å². The molecule has 1 aromatic carbocycles. The van der Waals surface area contributed by atoms with Gasteiger partial charge in [0.15, 0.2) is 6.23 Å². The number of hydrogen-bond acceptors (Lipinski definition) is 4. The Morgan fingerprint density at radius 3 is 3.00 bits per heavy atom. The minimum absolute atomic E-state index is 0.000972. The highest BCUT2D eigenvalue weighted by molar-refractivity contribution is 7.16. The Morgan fingerprint density at radius 1 is 1.44 bits per heavy atom. The number of aromatic nitrogens is 1. The van der Waals surface area contributed by atoms with Gasteiger partial charge in [0.25, 0.3) is 0 Å². The summed E-state index contributed by atoms with van der Waals surface area (Å²) in [6, 6.07) is 7.72. The van der Waals surface area contributed by atoms with E-state index in [1.54, 1.807) is 4.57 Å². The molecule has 0 fully saturated rings. The summed E-state index contributed by atoms with van der Waals surface area (Å²) in [7, 11) is 0. The Morgan fingerprint density at radius 2 is 2.25 bits per heavy atom. The van der Waals surface area contributed by atoms with Crippen molar-refractivity contribution in [2.75, 3.05) is 0 Å². The fraction of sp³-hybridized carbons (Fsp3) is 0.182. The molecule has 0 amide bonds. The van der Waals surface area contributed by atoms with Crippen molar-refractivity contribution in [3.05, 3.63) is 45.7 Å². The Bertz CT molecular complexity index is 626. The molecule has 5 heteroatoms. The van der Waals surface area contributed by atoms with Gasteiger partial charge in [-0.1, -0.05) is 23.5 Å². The van der Waals surface area contributed by atoms with Gasteiger partial charge in [-0.3, -0.25) is 14.8 Å². The molecule has 16 heavy (non-hydrogen) atoms. The van der Waals surface area contributed by atoms with E-state index in [2.05, 4.69) is 5.48 Å². The number of para-hydroxylation sites is 1. The van der Waals surface area contributed by atoms with Crippen molar-refractivity contribution in [2.45, 2.75) is 13.2 Å². The van der Waals surface area contributed by atoms with Crippen molar-refractivity contribution in [1.82, 2.24) is 10.0 Å². The second-order valence-electron chi connectivity index (χ2n) is 3.67. The molecule has 2 aromatic rings. The topological polar surface area (TPSA) is 43.3 Å². The fourth-order valence-corrected chi connectivity index (χ4v) is 2.69. The van der Waals surface area contributed by atoms with Gasteiger partial charge in [0, 0.05) is 5.70 Å². The first kappa shape index (κ1) is 9.62. The lowest BCUT2D eigenvalue weighted by Crippen LogP contribution is -2.20. The molecule has 0 bridgehead atoms. The third kappa shape index (κ3) is 1.36. The van der Waals surface area contributed by atoms with Crippen LogP contribution in [0.25, 0.3) is 10.2 Å². The average molecular weight is 234 g/mol. The van der Waals surface area contributed by atoms with E-state index >= 15 is 0 Å². The lowest BCUT2D eigenvalue weighted by molar-refractivity contribution is 0.00266. The standard InChI is InChI=1S/C11H10N2O2S/c1-7-6-10(15-12-7)13-8-4-2-3-5-9(8)16-11(13)14/h2-6,10,12H,1H3. The maximum Gasteiger partial charge on any atom is 0.310 e. The van der Waals surface area contributed by atoms with Gasteiger partial charge in [0.05, 0.1) is 10.2 Å². The van der Waals surface area contributed by atoms with Crippen LogP contribution >= 0.6 is 11.3 Å². The maximum atomic E-state index is 11.9. The Labute approximate surface area is 95.7 Å². The van der Waals surface area contributed by atoms with E-state index in [1.165, 1.54) is 11.3 Å². The Kier molecular flexibility index (Phi) is 2.08. The normalized spacial score (nSPS) is 19.8. The molecule has 0 radical (unpaired) electrons. The number of allylic oxidation sites excluding steroid dienone is 1. The van der Waals surface area contributed by atoms with Gasteiger partial charge in [0.1, 0.15) is 0 Å². The third-order valence-corrected chi connectivity index (χ3v) is 3.44. The minimum atomic E-state index is -0.344. The quantitative estimate of drug-likeness (QED) is 0.820. The number of thiazole rings is 1. The predicted octanol–water partition coefficient (Wildman–Crippen LogP) is 2.00. The number of nitrogens with one attached hydrogen (secondary N) is 1. The summed E-state index contributed by atoms with van der Waals surface area (Å²) in [5.41, 5.74) is 4.59. The molecule has 1 aromatic heterocycles. The molecule has 1 N–H and O–H groups in total. The molecular weight excluding hydrogens is 224 g/mol. The molecule has 1 unspecified atom stereocenters. The van der Waals surface area contributed by atoms with Crippen molar-refractivity contribution in [2.24, 2.45) is 0 Å². The number of hydrogen-bond donors (Lipinski definition) is 1. The van der Waals surface area contributed by atoms with Gasteiger partial charge in [-0.25, -0.2) is 4.84 Å². The number of benzene rings is 1. The van der Waals surface area contributed by atoms with Crippen LogP contribution in [0, 0.1) is 0 Å². The van der Waals surface area contributed by atoms with E-state index in [1.807, 2.05) is 37.3 Å². The van der Waals surface area contributed by atoms with Crippen LogP contribution in [0.5, 0.6) is 0 Å². The van der Waals surface area contributed by atoms with Gasteiger partial charge >= 0.3 is 4.87 Å². The van der Waals surface area contributed by atoms with Gasteiger partial charge in [-0.2, -0.15) is 0 Å². The lowest BCUT2D eigenvalue weighted by Gasteiger charge is -2.08. The second kappa shape index (κ2) is 3.47. The summed E-state index contributed by atoms with van der Waals surface area (Å²) < 4.78 is 2.64. The van der Waals surface area contributed by atoms with Gasteiger partial charge in [0.2, 0.25) is 0 Å². The lowest BCUT2D eigenvalue weighted by atomic mass is 10.3. The van der Waals surface area contributed by atoms with Gasteiger partial charge in [-0.15, -0.1) is 0 Å².